The van der Waals surface area contributed by atoms with Crippen LogP contribution in [0.1, 0.15) is 18.1 Å². The van der Waals surface area contributed by atoms with Crippen LogP contribution in [0.25, 0.3) is 10.2 Å². The molecule has 3 nitrogen and oxygen atoms in total. The van der Waals surface area contributed by atoms with Crippen LogP contribution in [0.3, 0.4) is 0 Å². The van der Waals surface area contributed by atoms with Gasteiger partial charge in [0.1, 0.15) is 0 Å². The molecule has 1 amide bonds. The molecule has 1 N–H and O–H groups in total. The van der Waals surface area contributed by atoms with Gasteiger partial charge in [0.05, 0.1) is 10.2 Å². The summed E-state index contributed by atoms with van der Waals surface area (Å²) in [7, 11) is 0. The van der Waals surface area contributed by atoms with E-state index in [9.17, 15) is 4.79 Å². The summed E-state index contributed by atoms with van der Waals surface area (Å²) in [4.78, 5) is 15.7. The number of aryl methyl sites for hydroxylation is 2. The van der Waals surface area contributed by atoms with Crippen LogP contribution in [-0.4, -0.2) is 10.9 Å². The summed E-state index contributed by atoms with van der Waals surface area (Å²) in [6, 6.07) is 4.09. The average Bonchev–Trinajstić information content (AvgIpc) is 2.67. The summed E-state index contributed by atoms with van der Waals surface area (Å²) in [5.74, 6) is 4.67. The molecule has 0 aliphatic carbocycles. The molecule has 1 aromatic heterocycles. The third-order valence-electron chi connectivity index (χ3n) is 2.54. The van der Waals surface area contributed by atoms with Crippen LogP contribution in [0, 0.1) is 25.7 Å². The Morgan fingerprint density at radius 1 is 1.41 bits per heavy atom. The molecular weight excluding hydrogens is 232 g/mol. The summed E-state index contributed by atoms with van der Waals surface area (Å²) < 4.78 is 1.08. The molecule has 2 aromatic rings. The number of fused-ring (bicyclic) bond motifs is 1. The van der Waals surface area contributed by atoms with Gasteiger partial charge in [-0.05, 0) is 43.9 Å². The van der Waals surface area contributed by atoms with E-state index >= 15 is 0 Å². The Morgan fingerprint density at radius 3 is 2.88 bits per heavy atom. The number of rotatable bonds is 1. The molecule has 0 radical (unpaired) electrons. The van der Waals surface area contributed by atoms with Crippen LogP contribution >= 0.6 is 11.3 Å². The highest BCUT2D eigenvalue weighted by molar-refractivity contribution is 7.22. The summed E-state index contributed by atoms with van der Waals surface area (Å²) in [6.07, 6.45) is 0. The van der Waals surface area contributed by atoms with Gasteiger partial charge in [0, 0.05) is 0 Å². The van der Waals surface area contributed by atoms with E-state index in [0.29, 0.717) is 5.13 Å². The van der Waals surface area contributed by atoms with Crippen molar-refractivity contribution in [3.8, 4) is 11.8 Å². The highest BCUT2D eigenvalue weighted by Gasteiger charge is 2.08. The molecule has 0 saturated carbocycles. The van der Waals surface area contributed by atoms with Crippen molar-refractivity contribution in [1.82, 2.24) is 4.98 Å². The lowest BCUT2D eigenvalue weighted by Crippen LogP contribution is -2.07. The average molecular weight is 244 g/mol. The predicted octanol–water partition coefficient (Wildman–Crippen LogP) is 2.87. The fraction of sp³-hybridized carbons (Fsp3) is 0.231. The van der Waals surface area contributed by atoms with Gasteiger partial charge in [-0.2, -0.15) is 0 Å². The predicted molar refractivity (Wildman–Crippen MR) is 71.2 cm³/mol. The lowest BCUT2D eigenvalue weighted by molar-refractivity contribution is -0.111. The standard InChI is InChI=1S/C13H12N2OS/c1-4-5-11(16)14-13-15-12-9(3)8(2)6-7-10(12)17-13/h6-7H,1-3H3,(H,14,15,16). The molecule has 0 fully saturated rings. The minimum absolute atomic E-state index is 0.319. The van der Waals surface area contributed by atoms with E-state index in [1.54, 1.807) is 6.92 Å². The molecule has 4 heteroatoms. The Morgan fingerprint density at radius 2 is 2.18 bits per heavy atom. The van der Waals surface area contributed by atoms with Crippen molar-refractivity contribution in [2.24, 2.45) is 0 Å². The van der Waals surface area contributed by atoms with Gasteiger partial charge in [-0.25, -0.2) is 4.98 Å². The van der Waals surface area contributed by atoms with Crippen molar-refractivity contribution >= 4 is 32.6 Å². The highest BCUT2D eigenvalue weighted by atomic mass is 32.1. The molecule has 0 aliphatic heterocycles. The fourth-order valence-corrected chi connectivity index (χ4v) is 2.44. The number of hydrogen-bond acceptors (Lipinski definition) is 3. The largest absolute Gasteiger partial charge is 0.302 e. The van der Waals surface area contributed by atoms with Crippen LogP contribution in [-0.2, 0) is 4.79 Å². The fourth-order valence-electron chi connectivity index (χ4n) is 1.52. The molecule has 1 heterocycles. The van der Waals surface area contributed by atoms with Crippen molar-refractivity contribution in [1.29, 1.82) is 0 Å². The first-order valence-electron chi connectivity index (χ1n) is 5.22. The first kappa shape index (κ1) is 11.6. The van der Waals surface area contributed by atoms with Gasteiger partial charge in [0.25, 0.3) is 0 Å². The molecule has 0 spiro atoms. The van der Waals surface area contributed by atoms with Crippen LogP contribution in [0.2, 0.25) is 0 Å². The van der Waals surface area contributed by atoms with Gasteiger partial charge < -0.3 is 0 Å². The molecule has 2 rings (SSSR count). The van der Waals surface area contributed by atoms with Gasteiger partial charge in [-0.1, -0.05) is 23.3 Å². The molecule has 0 atom stereocenters. The van der Waals surface area contributed by atoms with E-state index in [1.807, 2.05) is 13.0 Å². The van der Waals surface area contributed by atoms with Gasteiger partial charge in [0.2, 0.25) is 0 Å². The van der Waals surface area contributed by atoms with Crippen molar-refractivity contribution in [2.45, 2.75) is 20.8 Å². The molecule has 0 unspecified atom stereocenters. The summed E-state index contributed by atoms with van der Waals surface area (Å²) in [5.41, 5.74) is 3.31. The van der Waals surface area contributed by atoms with Crippen molar-refractivity contribution in [2.75, 3.05) is 5.32 Å². The van der Waals surface area contributed by atoms with Crippen LogP contribution < -0.4 is 5.32 Å². The Bertz CT molecular complexity index is 646. The topological polar surface area (TPSA) is 42.0 Å². The zero-order valence-corrected chi connectivity index (χ0v) is 10.7. The maximum atomic E-state index is 11.3. The Kier molecular flexibility index (Phi) is 3.12. The first-order chi connectivity index (χ1) is 8.11. The van der Waals surface area contributed by atoms with E-state index in [0.717, 1.165) is 15.8 Å². The zero-order valence-electron chi connectivity index (χ0n) is 9.92. The summed E-state index contributed by atoms with van der Waals surface area (Å²) in [6.45, 7) is 5.72. The van der Waals surface area contributed by atoms with Crippen LogP contribution in [0.5, 0.6) is 0 Å². The maximum absolute atomic E-state index is 11.3. The van der Waals surface area contributed by atoms with Gasteiger partial charge in [-0.3, -0.25) is 10.1 Å². The van der Waals surface area contributed by atoms with E-state index in [4.69, 9.17) is 0 Å². The Labute approximate surface area is 104 Å². The normalized spacial score (nSPS) is 9.82. The number of hydrogen-bond donors (Lipinski definition) is 1. The third-order valence-corrected chi connectivity index (χ3v) is 3.48. The Balaban J connectivity index is 2.41. The summed E-state index contributed by atoms with van der Waals surface area (Å²) in [5, 5.41) is 3.27. The molecular formula is C13H12N2OS. The molecule has 0 saturated heterocycles. The first-order valence-corrected chi connectivity index (χ1v) is 6.04. The lowest BCUT2D eigenvalue weighted by Gasteiger charge is -1.98. The molecule has 17 heavy (non-hydrogen) atoms. The number of amides is 1. The van der Waals surface area contributed by atoms with Gasteiger partial charge >= 0.3 is 5.91 Å². The van der Waals surface area contributed by atoms with Crippen molar-refractivity contribution in [3.63, 3.8) is 0 Å². The molecule has 0 bridgehead atoms. The second-order valence-corrected chi connectivity index (χ2v) is 4.73. The minimum Gasteiger partial charge on any atom is -0.291 e. The van der Waals surface area contributed by atoms with E-state index < -0.39 is 0 Å². The van der Waals surface area contributed by atoms with E-state index in [1.165, 1.54) is 16.9 Å². The maximum Gasteiger partial charge on any atom is 0.302 e. The number of aromatic nitrogens is 1. The lowest BCUT2D eigenvalue weighted by atomic mass is 10.1. The number of benzene rings is 1. The number of nitrogens with one attached hydrogen (secondary N) is 1. The zero-order chi connectivity index (χ0) is 12.4. The highest BCUT2D eigenvalue weighted by Crippen LogP contribution is 2.29. The second-order valence-electron chi connectivity index (χ2n) is 3.70. The SMILES string of the molecule is CC#CC(=O)Nc1nc2c(C)c(C)ccc2s1. The number of thiazole rings is 1. The number of carbonyl (C=O) groups is 1. The Hall–Kier alpha value is -1.86. The monoisotopic (exact) mass is 244 g/mol. The minimum atomic E-state index is -0.319. The molecule has 86 valence electrons. The van der Waals surface area contributed by atoms with Crippen LogP contribution in [0.15, 0.2) is 12.1 Å². The number of nitrogens with zero attached hydrogens (tertiary/aromatic N) is 1. The summed E-state index contributed by atoms with van der Waals surface area (Å²) >= 11 is 1.46. The van der Waals surface area contributed by atoms with Gasteiger partial charge in [-0.15, -0.1) is 0 Å². The number of carbonyl (C=O) groups excluding carboxylic acids is 1. The van der Waals surface area contributed by atoms with Crippen molar-refractivity contribution < 1.29 is 4.79 Å². The van der Waals surface area contributed by atoms with Crippen molar-refractivity contribution in [3.05, 3.63) is 23.3 Å². The van der Waals surface area contributed by atoms with Crippen LogP contribution in [0.4, 0.5) is 5.13 Å². The molecule has 1 aromatic carbocycles. The van der Waals surface area contributed by atoms with E-state index in [-0.39, 0.29) is 5.91 Å². The quantitative estimate of drug-likeness (QED) is 0.784. The van der Waals surface area contributed by atoms with E-state index in [2.05, 4.69) is 35.1 Å². The third kappa shape index (κ3) is 2.29. The number of anilines is 1. The van der Waals surface area contributed by atoms with Gasteiger partial charge in [0.15, 0.2) is 5.13 Å². The smallest absolute Gasteiger partial charge is 0.291 e. The molecule has 0 aliphatic rings. The second kappa shape index (κ2) is 4.56.